The van der Waals surface area contributed by atoms with E-state index in [9.17, 15) is 4.79 Å². The minimum absolute atomic E-state index is 0.0175. The molecule has 2 aliphatic rings. The zero-order valence-electron chi connectivity index (χ0n) is 11.5. The van der Waals surface area contributed by atoms with Crippen molar-refractivity contribution in [3.63, 3.8) is 0 Å². The van der Waals surface area contributed by atoms with E-state index < -0.39 is 0 Å². The van der Waals surface area contributed by atoms with Gasteiger partial charge in [0, 0.05) is 6.04 Å². The van der Waals surface area contributed by atoms with Gasteiger partial charge >= 0.3 is 0 Å². The van der Waals surface area contributed by atoms with E-state index in [0.717, 1.165) is 12.3 Å². The fourth-order valence-electron chi connectivity index (χ4n) is 4.03. The van der Waals surface area contributed by atoms with Gasteiger partial charge in [-0.15, -0.1) is 11.3 Å². The third-order valence-corrected chi connectivity index (χ3v) is 7.52. The molecular formula is C14H19BrN2OS. The van der Waals surface area contributed by atoms with Crippen LogP contribution in [0.25, 0.3) is 0 Å². The van der Waals surface area contributed by atoms with E-state index in [4.69, 9.17) is 0 Å². The number of aromatic nitrogens is 1. The maximum atomic E-state index is 12.3. The van der Waals surface area contributed by atoms with Crippen LogP contribution in [0.1, 0.15) is 49.7 Å². The number of nitrogens with one attached hydrogen (secondary N) is 1. The number of rotatable bonds is 2. The molecule has 0 aromatic carbocycles. The lowest BCUT2D eigenvalue weighted by Gasteiger charge is -2.39. The van der Waals surface area contributed by atoms with Crippen LogP contribution in [-0.4, -0.2) is 16.9 Å². The summed E-state index contributed by atoms with van der Waals surface area (Å²) in [5, 5.41) is 3.25. The van der Waals surface area contributed by atoms with Crippen molar-refractivity contribution in [1.82, 2.24) is 10.3 Å². The number of carbonyl (C=O) groups is 1. The Balaban J connectivity index is 1.79. The van der Waals surface area contributed by atoms with Crippen molar-refractivity contribution in [3.05, 3.63) is 15.0 Å². The van der Waals surface area contributed by atoms with E-state index in [2.05, 4.69) is 47.0 Å². The smallest absolute Gasteiger partial charge is 0.264 e. The van der Waals surface area contributed by atoms with Crippen molar-refractivity contribution in [1.29, 1.82) is 0 Å². The van der Waals surface area contributed by atoms with Crippen molar-refractivity contribution in [2.75, 3.05) is 0 Å². The van der Waals surface area contributed by atoms with Crippen LogP contribution >= 0.6 is 27.3 Å². The molecular weight excluding hydrogens is 324 g/mol. The molecule has 1 aromatic rings. The first-order chi connectivity index (χ1) is 8.86. The minimum atomic E-state index is 0.0175. The highest BCUT2D eigenvalue weighted by atomic mass is 79.9. The van der Waals surface area contributed by atoms with Gasteiger partial charge in [-0.3, -0.25) is 4.79 Å². The highest BCUT2D eigenvalue weighted by Gasteiger charge is 2.61. The second-order valence-corrected chi connectivity index (χ2v) is 8.21. The molecule has 1 N–H and O–H groups in total. The summed E-state index contributed by atoms with van der Waals surface area (Å²) in [6.45, 7) is 7.06. The largest absolute Gasteiger partial charge is 0.348 e. The minimum Gasteiger partial charge on any atom is -0.348 e. The lowest BCUT2D eigenvalue weighted by atomic mass is 9.69. The fraction of sp³-hybridized carbons (Fsp3) is 0.714. The van der Waals surface area contributed by atoms with Crippen LogP contribution in [0.15, 0.2) is 10.1 Å². The van der Waals surface area contributed by atoms with Gasteiger partial charge in [0.25, 0.3) is 5.91 Å². The number of fused-ring (bicyclic) bond motifs is 2. The van der Waals surface area contributed by atoms with Gasteiger partial charge in [-0.05, 0) is 51.9 Å². The lowest BCUT2D eigenvalue weighted by Crippen LogP contribution is -2.46. The fourth-order valence-corrected chi connectivity index (χ4v) is 5.30. The van der Waals surface area contributed by atoms with Gasteiger partial charge in [-0.1, -0.05) is 20.8 Å². The van der Waals surface area contributed by atoms with Crippen molar-refractivity contribution in [2.45, 2.75) is 46.1 Å². The molecule has 0 radical (unpaired) electrons. The number of halogens is 1. The molecule has 3 atom stereocenters. The maximum Gasteiger partial charge on any atom is 0.264 e. The Morgan fingerprint density at radius 2 is 2.26 bits per heavy atom. The van der Waals surface area contributed by atoms with Gasteiger partial charge in [-0.25, -0.2) is 4.98 Å². The topological polar surface area (TPSA) is 42.0 Å². The Hall–Kier alpha value is -0.420. The first-order valence-corrected chi connectivity index (χ1v) is 8.43. The van der Waals surface area contributed by atoms with E-state index in [0.29, 0.717) is 20.9 Å². The molecule has 0 spiro atoms. The van der Waals surface area contributed by atoms with Crippen LogP contribution < -0.4 is 5.32 Å². The predicted molar refractivity (Wildman–Crippen MR) is 80.3 cm³/mol. The van der Waals surface area contributed by atoms with Crippen LogP contribution in [0.4, 0.5) is 0 Å². The molecule has 2 aliphatic carbocycles. The number of thiazole rings is 1. The maximum absolute atomic E-state index is 12.3. The number of hydrogen-bond acceptors (Lipinski definition) is 3. The monoisotopic (exact) mass is 342 g/mol. The summed E-state index contributed by atoms with van der Waals surface area (Å²) in [5.41, 5.74) is 2.26. The molecule has 1 amide bonds. The zero-order valence-corrected chi connectivity index (χ0v) is 13.9. The number of amides is 1. The first kappa shape index (κ1) is 13.6. The van der Waals surface area contributed by atoms with Crippen molar-refractivity contribution >= 4 is 33.2 Å². The first-order valence-electron chi connectivity index (χ1n) is 6.76. The third-order valence-electron chi connectivity index (χ3n) is 5.83. The number of carbonyl (C=O) groups excluding carboxylic acids is 1. The van der Waals surface area contributed by atoms with Gasteiger partial charge in [0.05, 0.1) is 5.51 Å². The summed E-state index contributed by atoms with van der Waals surface area (Å²) in [6, 6.07) is 0.294. The molecule has 104 valence electrons. The molecule has 3 nitrogen and oxygen atoms in total. The highest BCUT2D eigenvalue weighted by Crippen LogP contribution is 2.65. The molecule has 3 rings (SSSR count). The zero-order chi connectivity index (χ0) is 13.8. The molecule has 0 aliphatic heterocycles. The second-order valence-electron chi connectivity index (χ2n) is 6.61. The summed E-state index contributed by atoms with van der Waals surface area (Å²) in [5.74, 6) is 0.761. The van der Waals surface area contributed by atoms with Crippen LogP contribution in [0.5, 0.6) is 0 Å². The summed E-state index contributed by atoms with van der Waals surface area (Å²) < 4.78 is 0.655. The van der Waals surface area contributed by atoms with Gasteiger partial charge in [0.15, 0.2) is 0 Å². The molecule has 2 fully saturated rings. The standard InChI is InChI=1S/C14H19BrN2OS/c1-13(2)8-4-5-14(13,3)9(6-8)17-12(18)10-11(15)16-7-19-10/h7-9H,4-6H2,1-3H3,(H,17,18)/t8-,9+,14-/m0/s1. The molecule has 19 heavy (non-hydrogen) atoms. The summed E-state index contributed by atoms with van der Waals surface area (Å²) >= 11 is 4.72. The Morgan fingerprint density at radius 3 is 2.74 bits per heavy atom. The Kier molecular flexibility index (Phi) is 3.06. The average molecular weight is 343 g/mol. The van der Waals surface area contributed by atoms with Crippen LogP contribution in [-0.2, 0) is 0 Å². The van der Waals surface area contributed by atoms with Gasteiger partial charge in [0.1, 0.15) is 9.48 Å². The molecule has 2 bridgehead atoms. The Bertz CT molecular complexity index is 527. The summed E-state index contributed by atoms with van der Waals surface area (Å²) in [6.07, 6.45) is 3.64. The Morgan fingerprint density at radius 1 is 1.53 bits per heavy atom. The Labute approximate surface area is 126 Å². The van der Waals surface area contributed by atoms with Crippen molar-refractivity contribution in [3.8, 4) is 0 Å². The average Bonchev–Trinajstić information content (AvgIpc) is 2.90. The molecule has 0 unspecified atom stereocenters. The number of nitrogens with zero attached hydrogens (tertiary/aromatic N) is 1. The van der Waals surface area contributed by atoms with E-state index in [-0.39, 0.29) is 11.3 Å². The quantitative estimate of drug-likeness (QED) is 0.886. The van der Waals surface area contributed by atoms with Crippen molar-refractivity contribution < 1.29 is 4.79 Å². The van der Waals surface area contributed by atoms with Crippen LogP contribution in [0.2, 0.25) is 0 Å². The van der Waals surface area contributed by atoms with Gasteiger partial charge < -0.3 is 5.32 Å². The summed E-state index contributed by atoms with van der Waals surface area (Å²) in [7, 11) is 0. The van der Waals surface area contributed by atoms with Crippen LogP contribution in [0, 0.1) is 16.7 Å². The van der Waals surface area contributed by atoms with Crippen molar-refractivity contribution in [2.24, 2.45) is 16.7 Å². The number of hydrogen-bond donors (Lipinski definition) is 1. The molecule has 5 heteroatoms. The molecule has 1 heterocycles. The predicted octanol–water partition coefficient (Wildman–Crippen LogP) is 3.85. The lowest BCUT2D eigenvalue weighted by molar-refractivity contribution is 0.0829. The van der Waals surface area contributed by atoms with E-state index in [1.807, 2.05) is 0 Å². The third kappa shape index (κ3) is 1.81. The van der Waals surface area contributed by atoms with Gasteiger partial charge in [0.2, 0.25) is 0 Å². The van der Waals surface area contributed by atoms with E-state index in [1.165, 1.54) is 24.2 Å². The van der Waals surface area contributed by atoms with E-state index in [1.54, 1.807) is 5.51 Å². The normalized spacial score (nSPS) is 35.6. The second kappa shape index (κ2) is 4.29. The molecule has 2 saturated carbocycles. The molecule has 1 aromatic heterocycles. The highest BCUT2D eigenvalue weighted by molar-refractivity contribution is 9.10. The molecule has 0 saturated heterocycles. The van der Waals surface area contributed by atoms with E-state index >= 15 is 0 Å². The SMILES string of the molecule is CC1(C)[C@H]2CC[C@@]1(C)[C@H](NC(=O)c1scnc1Br)C2. The van der Waals surface area contributed by atoms with Crippen LogP contribution in [0.3, 0.4) is 0 Å². The summed E-state index contributed by atoms with van der Waals surface area (Å²) in [4.78, 5) is 17.1. The van der Waals surface area contributed by atoms with Gasteiger partial charge in [-0.2, -0.15) is 0 Å².